The zero-order valence-corrected chi connectivity index (χ0v) is 8.56. The van der Waals surface area contributed by atoms with Crippen molar-refractivity contribution in [3.63, 3.8) is 0 Å². The van der Waals surface area contributed by atoms with Crippen molar-refractivity contribution in [2.24, 2.45) is 5.73 Å². The molecule has 1 saturated carbocycles. The molecule has 1 aromatic rings. The molecule has 1 aliphatic rings. The van der Waals surface area contributed by atoms with Gasteiger partial charge in [-0.15, -0.1) is 0 Å². The first-order chi connectivity index (χ1) is 7.74. The summed E-state index contributed by atoms with van der Waals surface area (Å²) in [5.41, 5.74) is 1.70. The summed E-state index contributed by atoms with van der Waals surface area (Å²) in [5, 5.41) is 0. The van der Waals surface area contributed by atoms with Gasteiger partial charge in [0, 0.05) is 25.4 Å². The summed E-state index contributed by atoms with van der Waals surface area (Å²) < 4.78 is 64.5. The number of halogens is 5. The molecule has 1 fully saturated rings. The second-order valence-electron chi connectivity index (χ2n) is 4.09. The van der Waals surface area contributed by atoms with Crippen LogP contribution in [0.5, 0.6) is 0 Å². The molecule has 0 saturated heterocycles. The van der Waals surface area contributed by atoms with Crippen molar-refractivity contribution in [1.82, 2.24) is 4.98 Å². The van der Waals surface area contributed by atoms with E-state index >= 15 is 0 Å². The molecule has 1 heterocycles. The number of pyridine rings is 1. The summed E-state index contributed by atoms with van der Waals surface area (Å²) in [5.74, 6) is -3.19. The Balaban J connectivity index is 2.54. The normalized spacial score (nSPS) is 26.9. The van der Waals surface area contributed by atoms with E-state index in [9.17, 15) is 22.0 Å². The minimum Gasteiger partial charge on any atom is -0.329 e. The number of nitrogens with zero attached hydrogens (tertiary/aromatic N) is 1. The lowest BCUT2D eigenvalue weighted by Gasteiger charge is -2.19. The quantitative estimate of drug-likeness (QED) is 0.820. The number of hydrogen-bond donors (Lipinski definition) is 1. The van der Waals surface area contributed by atoms with Crippen LogP contribution in [0.25, 0.3) is 0 Å². The summed E-state index contributed by atoms with van der Waals surface area (Å²) >= 11 is 0. The molecule has 1 aliphatic carbocycles. The molecular weight excluding hydrogens is 243 g/mol. The van der Waals surface area contributed by atoms with Crippen LogP contribution < -0.4 is 5.73 Å². The highest BCUT2D eigenvalue weighted by molar-refractivity contribution is 5.43. The highest BCUT2D eigenvalue weighted by Gasteiger charge is 2.72. The average molecular weight is 252 g/mol. The third-order valence-corrected chi connectivity index (χ3v) is 3.09. The Labute approximate surface area is 93.6 Å². The van der Waals surface area contributed by atoms with Crippen LogP contribution in [0.4, 0.5) is 22.0 Å². The van der Waals surface area contributed by atoms with E-state index < -0.39 is 41.6 Å². The van der Waals surface area contributed by atoms with Crippen LogP contribution in [-0.2, 0) is 11.6 Å². The lowest BCUT2D eigenvalue weighted by molar-refractivity contribution is -0.138. The fourth-order valence-corrected chi connectivity index (χ4v) is 1.98. The Kier molecular flexibility index (Phi) is 2.43. The first-order valence-corrected chi connectivity index (χ1v) is 4.84. The molecule has 0 radical (unpaired) electrons. The Morgan fingerprint density at radius 3 is 2.35 bits per heavy atom. The second-order valence-corrected chi connectivity index (χ2v) is 4.09. The van der Waals surface area contributed by atoms with E-state index in [4.69, 9.17) is 5.73 Å². The smallest absolute Gasteiger partial charge is 0.329 e. The molecule has 7 heteroatoms. The third kappa shape index (κ3) is 1.69. The van der Waals surface area contributed by atoms with Crippen molar-refractivity contribution in [3.05, 3.63) is 29.6 Å². The Morgan fingerprint density at radius 1 is 1.35 bits per heavy atom. The molecule has 0 amide bonds. The van der Waals surface area contributed by atoms with Gasteiger partial charge in [0.2, 0.25) is 0 Å². The van der Waals surface area contributed by atoms with Gasteiger partial charge in [-0.2, -0.15) is 13.2 Å². The number of aromatic nitrogens is 1. The minimum atomic E-state index is -4.68. The fourth-order valence-electron chi connectivity index (χ4n) is 1.98. The van der Waals surface area contributed by atoms with Crippen molar-refractivity contribution in [1.29, 1.82) is 0 Å². The summed E-state index contributed by atoms with van der Waals surface area (Å²) in [6.45, 7) is -0.533. The summed E-state index contributed by atoms with van der Waals surface area (Å²) in [6, 6.07) is 0.696. The van der Waals surface area contributed by atoms with E-state index in [1.165, 1.54) is 0 Å². The predicted octanol–water partition coefficient (Wildman–Crippen LogP) is 2.34. The maximum absolute atomic E-state index is 13.2. The number of nitrogens with two attached hydrogens (primary N) is 1. The van der Waals surface area contributed by atoms with Crippen LogP contribution in [0.1, 0.15) is 17.5 Å². The largest absolute Gasteiger partial charge is 0.416 e. The van der Waals surface area contributed by atoms with Crippen molar-refractivity contribution in [2.45, 2.75) is 23.9 Å². The van der Waals surface area contributed by atoms with E-state index in [1.807, 2.05) is 0 Å². The van der Waals surface area contributed by atoms with Gasteiger partial charge >= 0.3 is 6.18 Å². The summed E-state index contributed by atoms with van der Waals surface area (Å²) in [4.78, 5) is 3.49. The standard InChI is InChI=1S/C10H9F5N2/c11-9(12)4-8(9,5-16)7-3-17-2-1-6(7)10(13,14)15/h1-3H,4-5,16H2. The van der Waals surface area contributed by atoms with Gasteiger partial charge in [-0.1, -0.05) is 0 Å². The molecule has 0 bridgehead atoms. The zero-order chi connectivity index (χ0) is 12.9. The van der Waals surface area contributed by atoms with Gasteiger partial charge in [0.1, 0.15) is 0 Å². The van der Waals surface area contributed by atoms with Crippen LogP contribution >= 0.6 is 0 Å². The maximum atomic E-state index is 13.2. The highest BCUT2D eigenvalue weighted by atomic mass is 19.4. The predicted molar refractivity (Wildman–Crippen MR) is 49.5 cm³/mol. The molecule has 17 heavy (non-hydrogen) atoms. The van der Waals surface area contributed by atoms with Crippen molar-refractivity contribution >= 4 is 0 Å². The SMILES string of the molecule is NCC1(c2cnccc2C(F)(F)F)CC1(F)F. The van der Waals surface area contributed by atoms with Crippen LogP contribution in [0, 0.1) is 0 Å². The lowest BCUT2D eigenvalue weighted by atomic mass is 9.92. The molecule has 94 valence electrons. The number of hydrogen-bond acceptors (Lipinski definition) is 2. The van der Waals surface area contributed by atoms with Gasteiger partial charge in [-0.05, 0) is 11.6 Å². The van der Waals surface area contributed by atoms with Gasteiger partial charge in [0.15, 0.2) is 0 Å². The molecular formula is C10H9F5N2. The molecule has 1 aromatic heterocycles. The minimum absolute atomic E-state index is 0.514. The summed E-state index contributed by atoms with van der Waals surface area (Å²) in [7, 11) is 0. The maximum Gasteiger partial charge on any atom is 0.416 e. The molecule has 0 aliphatic heterocycles. The average Bonchev–Trinajstić information content (AvgIpc) is 2.81. The fraction of sp³-hybridized carbons (Fsp3) is 0.500. The van der Waals surface area contributed by atoms with Crippen LogP contribution in [0.2, 0.25) is 0 Å². The van der Waals surface area contributed by atoms with Gasteiger partial charge in [0.05, 0.1) is 11.0 Å². The van der Waals surface area contributed by atoms with Gasteiger partial charge in [0.25, 0.3) is 5.92 Å². The van der Waals surface area contributed by atoms with Crippen molar-refractivity contribution < 1.29 is 22.0 Å². The van der Waals surface area contributed by atoms with Gasteiger partial charge < -0.3 is 5.73 Å². The third-order valence-electron chi connectivity index (χ3n) is 3.09. The van der Waals surface area contributed by atoms with E-state index in [0.29, 0.717) is 6.07 Å². The molecule has 0 spiro atoms. The lowest BCUT2D eigenvalue weighted by Crippen LogP contribution is -2.29. The molecule has 1 unspecified atom stereocenters. The Bertz CT molecular complexity index is 443. The molecule has 1 atom stereocenters. The molecule has 2 nitrogen and oxygen atoms in total. The van der Waals surface area contributed by atoms with Crippen molar-refractivity contribution in [3.8, 4) is 0 Å². The Hall–Kier alpha value is -1.24. The van der Waals surface area contributed by atoms with Gasteiger partial charge in [-0.25, -0.2) is 8.78 Å². The zero-order valence-electron chi connectivity index (χ0n) is 8.56. The first kappa shape index (κ1) is 12.2. The van der Waals surface area contributed by atoms with E-state index in [2.05, 4.69) is 4.98 Å². The molecule has 2 N–H and O–H groups in total. The first-order valence-electron chi connectivity index (χ1n) is 4.84. The topological polar surface area (TPSA) is 38.9 Å². The monoisotopic (exact) mass is 252 g/mol. The highest BCUT2D eigenvalue weighted by Crippen LogP contribution is 2.62. The van der Waals surface area contributed by atoms with Crippen LogP contribution in [0.3, 0.4) is 0 Å². The van der Waals surface area contributed by atoms with Crippen LogP contribution in [0.15, 0.2) is 18.5 Å². The second kappa shape index (κ2) is 3.38. The molecule has 2 rings (SSSR count). The number of alkyl halides is 5. The van der Waals surface area contributed by atoms with E-state index in [1.54, 1.807) is 0 Å². The summed E-state index contributed by atoms with van der Waals surface area (Å²) in [6.07, 6.45) is -3.59. The van der Waals surface area contributed by atoms with Gasteiger partial charge in [-0.3, -0.25) is 4.98 Å². The van der Waals surface area contributed by atoms with E-state index in [0.717, 1.165) is 12.4 Å². The number of rotatable bonds is 2. The van der Waals surface area contributed by atoms with Crippen molar-refractivity contribution in [2.75, 3.05) is 6.54 Å². The van der Waals surface area contributed by atoms with Crippen LogP contribution in [-0.4, -0.2) is 17.5 Å². The van der Waals surface area contributed by atoms with E-state index in [-0.39, 0.29) is 0 Å². The Morgan fingerprint density at radius 2 is 1.94 bits per heavy atom. The molecule has 0 aromatic carbocycles.